The number of nitrogens with zero attached hydrogens (tertiary/aromatic N) is 4. The lowest BCUT2D eigenvalue weighted by atomic mass is 10.1. The molecule has 4 aromatic rings. The quantitative estimate of drug-likeness (QED) is 0.0809. The molecule has 0 N–H and O–H groups in total. The van der Waals surface area contributed by atoms with Crippen LogP contribution < -0.4 is 0 Å². The molecular weight excluding hydrogens is 814 g/mol. The van der Waals surface area contributed by atoms with Gasteiger partial charge in [-0.05, 0) is 75.1 Å². The molecule has 0 atom stereocenters. The molecule has 0 bridgehead atoms. The highest BCUT2D eigenvalue weighted by Gasteiger charge is 2.32. The van der Waals surface area contributed by atoms with Crippen LogP contribution in [0.15, 0.2) is 63.9 Å². The van der Waals surface area contributed by atoms with E-state index in [1.54, 1.807) is 27.5 Å². The molecule has 2 aromatic carbocycles. The molecule has 16 heteroatoms. The van der Waals surface area contributed by atoms with Gasteiger partial charge in [0.25, 0.3) is 0 Å². The number of halogens is 8. The molecule has 0 fully saturated rings. The minimum Gasteiger partial charge on any atom is -0.361 e. The van der Waals surface area contributed by atoms with Crippen LogP contribution in [0.1, 0.15) is 16.8 Å². The van der Waals surface area contributed by atoms with Crippen molar-refractivity contribution >= 4 is 48.0 Å². The summed E-state index contributed by atoms with van der Waals surface area (Å²) >= 11 is 6.72. The van der Waals surface area contributed by atoms with E-state index in [2.05, 4.69) is 81.1 Å². The summed E-state index contributed by atoms with van der Waals surface area (Å²) < 4.78 is 93.7. The van der Waals surface area contributed by atoms with Crippen LogP contribution in [-0.4, -0.2) is 48.5 Å². The van der Waals surface area contributed by atoms with Crippen molar-refractivity contribution in [3.8, 4) is 22.8 Å². The van der Waals surface area contributed by atoms with Crippen molar-refractivity contribution in [1.29, 1.82) is 0 Å². The zero-order valence-electron chi connectivity index (χ0n) is 28.6. The number of hydrogen-bond acceptors (Lipinski definition) is 4. The topological polar surface area (TPSA) is 54.1 Å². The number of aromatic nitrogens is 4. The first kappa shape index (κ1) is 41.2. The van der Waals surface area contributed by atoms with Crippen molar-refractivity contribution in [1.82, 2.24) is 19.1 Å². The molecule has 4 rings (SSSR count). The van der Waals surface area contributed by atoms with Gasteiger partial charge < -0.3 is 14.0 Å². The lowest BCUT2D eigenvalue weighted by Crippen LogP contribution is -2.22. The summed E-state index contributed by atoms with van der Waals surface area (Å²) in [5.41, 5.74) is 0.191. The minimum atomic E-state index is -4.39. The first-order valence-corrected chi connectivity index (χ1v) is 24.5. The van der Waals surface area contributed by atoms with Crippen LogP contribution in [0.25, 0.3) is 22.8 Å². The second kappa shape index (κ2) is 16.8. The van der Waals surface area contributed by atoms with Gasteiger partial charge in [-0.2, -0.15) is 26.3 Å². The maximum Gasteiger partial charge on any atom is 0.416 e. The number of imidazole rings is 2. The predicted molar refractivity (Wildman–Crippen MR) is 194 cm³/mol. The number of benzene rings is 2. The summed E-state index contributed by atoms with van der Waals surface area (Å²) in [5.74, 6) is 0.907. The smallest absolute Gasteiger partial charge is 0.361 e. The Morgan fingerprint density at radius 2 is 1.16 bits per heavy atom. The molecule has 0 amide bonds. The highest BCUT2D eigenvalue weighted by atomic mass is 79.9. The summed E-state index contributed by atoms with van der Waals surface area (Å²) in [4.78, 5) is 8.68. The third kappa shape index (κ3) is 13.1. The first-order chi connectivity index (χ1) is 22.5. The van der Waals surface area contributed by atoms with E-state index in [1.807, 2.05) is 6.92 Å². The van der Waals surface area contributed by atoms with E-state index in [4.69, 9.17) is 9.47 Å². The van der Waals surface area contributed by atoms with Gasteiger partial charge >= 0.3 is 12.4 Å². The summed E-state index contributed by atoms with van der Waals surface area (Å²) in [5, 5.41) is 0. The third-order valence-electron chi connectivity index (χ3n) is 7.10. The summed E-state index contributed by atoms with van der Waals surface area (Å²) in [7, 11) is -2.38. The van der Waals surface area contributed by atoms with Gasteiger partial charge in [-0.3, -0.25) is 4.57 Å². The molecule has 0 saturated carbocycles. The Balaban J connectivity index is 0.000000266. The van der Waals surface area contributed by atoms with Gasteiger partial charge in [0.2, 0.25) is 0 Å². The fourth-order valence-corrected chi connectivity index (χ4v) is 6.62. The van der Waals surface area contributed by atoms with Crippen molar-refractivity contribution in [2.24, 2.45) is 0 Å². The van der Waals surface area contributed by atoms with Gasteiger partial charge in [0.1, 0.15) is 34.3 Å². The lowest BCUT2D eigenvalue weighted by Gasteiger charge is -2.16. The average Bonchev–Trinajstić information content (AvgIpc) is 3.50. The molecule has 6 nitrogen and oxygen atoms in total. The maximum atomic E-state index is 13.0. The molecule has 0 aliphatic rings. The fraction of sp³-hybridized carbons (Fsp3) is 0.455. The van der Waals surface area contributed by atoms with Gasteiger partial charge in [-0.25, -0.2) is 9.97 Å². The maximum absolute atomic E-state index is 13.0. The predicted octanol–water partition coefficient (Wildman–Crippen LogP) is 11.6. The number of rotatable bonds is 12. The largest absolute Gasteiger partial charge is 0.416 e. The van der Waals surface area contributed by atoms with Crippen LogP contribution in [0.3, 0.4) is 0 Å². The van der Waals surface area contributed by atoms with E-state index < -0.39 is 39.6 Å². The summed E-state index contributed by atoms with van der Waals surface area (Å²) in [6, 6.07) is 12.4. The standard InChI is InChI=1S/C17H23F3N2OSi.C16H19Br2F3N2OSi/c1-13-11-22(12-23-8-9-24(2,3)4)16(21-13)14-6-5-7-15(10-14)17(18,19)20;1-25(2,3)8-7-24-10-23-14(18)13(17)22-15(23)11-5-4-6-12(9-11)16(19,20)21/h5-7,10-11H,8-9,12H2,1-4H3;4-6,9H,7-8,10H2,1-3H3. The molecule has 0 aliphatic carbocycles. The Hall–Kier alpha value is -2.25. The minimum absolute atomic E-state index is 0.218. The Bertz CT molecular complexity index is 1680. The molecule has 0 unspecified atom stereocenters. The van der Waals surface area contributed by atoms with Crippen molar-refractivity contribution in [2.45, 2.75) is 84.1 Å². The van der Waals surface area contributed by atoms with E-state index in [0.29, 0.717) is 45.2 Å². The number of ether oxygens (including phenoxy) is 2. The number of alkyl halides is 6. The molecular formula is C33H42Br2F6N4O2Si2. The number of aryl methyl sites for hydroxylation is 1. The SMILES string of the molecule is C[Si](C)(C)CCOCn1c(-c2cccc(C(F)(F)F)c2)nc(Br)c1Br.Cc1cn(COCC[Si](C)(C)C)c(-c2cccc(C(F)(F)F)c2)n1. The molecule has 0 spiro atoms. The Labute approximate surface area is 302 Å². The van der Waals surface area contributed by atoms with Crippen LogP contribution in [0.5, 0.6) is 0 Å². The lowest BCUT2D eigenvalue weighted by molar-refractivity contribution is -0.138. The molecule has 2 heterocycles. The fourth-order valence-electron chi connectivity index (χ4n) is 4.36. The zero-order valence-corrected chi connectivity index (χ0v) is 33.7. The third-order valence-corrected chi connectivity index (χ3v) is 12.4. The van der Waals surface area contributed by atoms with Crippen LogP contribution >= 0.6 is 31.9 Å². The van der Waals surface area contributed by atoms with E-state index in [9.17, 15) is 26.3 Å². The number of hydrogen-bond donors (Lipinski definition) is 0. The van der Waals surface area contributed by atoms with Crippen molar-refractivity contribution in [3.63, 3.8) is 0 Å². The van der Waals surface area contributed by atoms with E-state index >= 15 is 0 Å². The van der Waals surface area contributed by atoms with Crippen molar-refractivity contribution < 1.29 is 35.8 Å². The van der Waals surface area contributed by atoms with Gasteiger partial charge in [-0.15, -0.1) is 0 Å². The molecule has 0 saturated heterocycles. The average molecular weight is 857 g/mol. The molecule has 270 valence electrons. The van der Waals surface area contributed by atoms with Crippen molar-refractivity contribution in [2.75, 3.05) is 13.2 Å². The molecule has 49 heavy (non-hydrogen) atoms. The molecule has 2 aromatic heterocycles. The van der Waals surface area contributed by atoms with Crippen LogP contribution in [0, 0.1) is 6.92 Å². The van der Waals surface area contributed by atoms with Crippen LogP contribution in [0.4, 0.5) is 26.3 Å². The monoisotopic (exact) mass is 854 g/mol. The Morgan fingerprint density at radius 1 is 0.694 bits per heavy atom. The summed E-state index contributed by atoms with van der Waals surface area (Å²) in [6.45, 7) is 17.2. The molecule has 0 radical (unpaired) electrons. The normalized spacial score (nSPS) is 12.6. The second-order valence-corrected chi connectivity index (χ2v) is 26.7. The van der Waals surface area contributed by atoms with Crippen molar-refractivity contribution in [3.05, 3.63) is 80.8 Å². The van der Waals surface area contributed by atoms with Gasteiger partial charge in [-0.1, -0.05) is 63.5 Å². The highest BCUT2D eigenvalue weighted by Crippen LogP contribution is 2.35. The van der Waals surface area contributed by atoms with Gasteiger partial charge in [0.15, 0.2) is 0 Å². The van der Waals surface area contributed by atoms with E-state index in [0.717, 1.165) is 42.0 Å². The van der Waals surface area contributed by atoms with E-state index in [-0.39, 0.29) is 13.5 Å². The first-order valence-electron chi connectivity index (χ1n) is 15.5. The Morgan fingerprint density at radius 3 is 1.63 bits per heavy atom. The zero-order chi connectivity index (χ0) is 36.8. The van der Waals surface area contributed by atoms with E-state index in [1.165, 1.54) is 12.1 Å². The molecule has 0 aliphatic heterocycles. The highest BCUT2D eigenvalue weighted by molar-refractivity contribution is 9.13. The van der Waals surface area contributed by atoms with Crippen LogP contribution in [0.2, 0.25) is 51.4 Å². The Kier molecular flexibility index (Phi) is 14.2. The van der Waals surface area contributed by atoms with Gasteiger partial charge in [0.05, 0.1) is 16.8 Å². The van der Waals surface area contributed by atoms with Crippen LogP contribution in [-0.2, 0) is 35.3 Å². The second-order valence-electron chi connectivity index (χ2n) is 14.0. The summed E-state index contributed by atoms with van der Waals surface area (Å²) in [6.07, 6.45) is -6.96. The van der Waals surface area contributed by atoms with Gasteiger partial charge in [0, 0.05) is 46.7 Å².